The third-order valence-electron chi connectivity index (χ3n) is 4.49. The highest BCUT2D eigenvalue weighted by atomic mass is 32.2. The van der Waals surface area contributed by atoms with E-state index in [2.05, 4.69) is 0 Å². The van der Waals surface area contributed by atoms with Gasteiger partial charge in [-0.1, -0.05) is 54.6 Å². The number of thioether (sulfide) groups is 1. The van der Waals surface area contributed by atoms with Crippen molar-refractivity contribution in [3.8, 4) is 0 Å². The van der Waals surface area contributed by atoms with Crippen LogP contribution in [0.15, 0.2) is 83.8 Å². The number of imide groups is 1. The van der Waals surface area contributed by atoms with Crippen molar-refractivity contribution in [3.05, 3.63) is 107 Å². The van der Waals surface area contributed by atoms with E-state index in [4.69, 9.17) is 0 Å². The molecule has 0 fully saturated rings. The van der Waals surface area contributed by atoms with Crippen molar-refractivity contribution in [2.45, 2.75) is 5.75 Å². The number of nitrogens with zero attached hydrogens (tertiary/aromatic N) is 1. The van der Waals surface area contributed by atoms with E-state index in [1.165, 1.54) is 54.2 Å². The highest BCUT2D eigenvalue weighted by molar-refractivity contribution is 8.03. The summed E-state index contributed by atoms with van der Waals surface area (Å²) in [5.74, 6) is -1.86. The van der Waals surface area contributed by atoms with E-state index in [-0.39, 0.29) is 16.2 Å². The lowest BCUT2D eigenvalue weighted by Gasteiger charge is -2.15. The van der Waals surface area contributed by atoms with Crippen LogP contribution in [0.4, 0.5) is 14.5 Å². The van der Waals surface area contributed by atoms with Gasteiger partial charge >= 0.3 is 0 Å². The molecule has 4 rings (SSSR count). The summed E-state index contributed by atoms with van der Waals surface area (Å²) in [6.45, 7) is 0. The van der Waals surface area contributed by atoms with Gasteiger partial charge in [0.1, 0.15) is 11.6 Å². The first kappa shape index (κ1) is 19.1. The predicted octanol–water partition coefficient (Wildman–Crippen LogP) is 5.18. The first-order chi connectivity index (χ1) is 14.1. The molecule has 6 heteroatoms. The zero-order chi connectivity index (χ0) is 20.4. The summed E-state index contributed by atoms with van der Waals surface area (Å²) in [6, 6.07) is 20.5. The molecular weight excluding hydrogens is 392 g/mol. The molecule has 0 saturated carbocycles. The Hall–Kier alpha value is -3.25. The van der Waals surface area contributed by atoms with Crippen LogP contribution in [-0.2, 0) is 15.3 Å². The third-order valence-corrected chi connectivity index (χ3v) is 5.64. The van der Waals surface area contributed by atoms with Gasteiger partial charge in [0, 0.05) is 5.75 Å². The first-order valence-corrected chi connectivity index (χ1v) is 9.85. The summed E-state index contributed by atoms with van der Waals surface area (Å²) in [5, 5.41) is 0. The molecule has 0 radical (unpaired) electrons. The van der Waals surface area contributed by atoms with E-state index in [1.54, 1.807) is 6.07 Å². The largest absolute Gasteiger partial charge is 0.272 e. The van der Waals surface area contributed by atoms with E-state index in [0.717, 1.165) is 10.5 Å². The number of carbonyl (C=O) groups is 2. The lowest BCUT2D eigenvalue weighted by Crippen LogP contribution is -2.32. The maximum Gasteiger partial charge on any atom is 0.272 e. The second kappa shape index (κ2) is 8.01. The zero-order valence-electron chi connectivity index (χ0n) is 15.1. The van der Waals surface area contributed by atoms with Crippen LogP contribution in [-0.4, -0.2) is 11.8 Å². The number of anilines is 1. The first-order valence-electron chi connectivity index (χ1n) is 8.86. The molecule has 1 aliphatic rings. The van der Waals surface area contributed by atoms with Gasteiger partial charge in [-0.3, -0.25) is 9.59 Å². The minimum atomic E-state index is -0.665. The predicted molar refractivity (Wildman–Crippen MR) is 110 cm³/mol. The Morgan fingerprint density at radius 3 is 2.10 bits per heavy atom. The summed E-state index contributed by atoms with van der Waals surface area (Å²) < 4.78 is 27.7. The normalized spacial score (nSPS) is 14.1. The molecule has 0 saturated heterocycles. The Kier molecular flexibility index (Phi) is 5.27. The third kappa shape index (κ3) is 3.71. The van der Waals surface area contributed by atoms with Gasteiger partial charge in [0.25, 0.3) is 11.8 Å². The maximum atomic E-state index is 14.3. The molecule has 0 bridgehead atoms. The molecule has 0 unspecified atom stereocenters. The van der Waals surface area contributed by atoms with Gasteiger partial charge in [0.05, 0.1) is 16.2 Å². The molecule has 144 valence electrons. The summed E-state index contributed by atoms with van der Waals surface area (Å²) >= 11 is 1.21. The van der Waals surface area contributed by atoms with Crippen LogP contribution < -0.4 is 4.90 Å². The fraction of sp³-hybridized carbons (Fsp3) is 0.0435. The molecule has 3 aromatic carbocycles. The van der Waals surface area contributed by atoms with Crippen LogP contribution in [0, 0.1) is 11.6 Å². The molecule has 0 atom stereocenters. The molecule has 3 nitrogen and oxygen atoms in total. The van der Waals surface area contributed by atoms with Gasteiger partial charge in [-0.25, -0.2) is 13.7 Å². The highest BCUT2D eigenvalue weighted by Crippen LogP contribution is 2.40. The van der Waals surface area contributed by atoms with Crippen molar-refractivity contribution < 1.29 is 18.4 Å². The maximum absolute atomic E-state index is 14.3. The SMILES string of the molecule is O=C1C(SCc2ccccc2)=C(c2ccc(F)cc2)C(=O)N1c1ccccc1F. The monoisotopic (exact) mass is 407 g/mol. The number of benzene rings is 3. The molecule has 0 spiro atoms. The van der Waals surface area contributed by atoms with Gasteiger partial charge in [-0.05, 0) is 35.4 Å². The molecule has 1 aliphatic heterocycles. The molecule has 0 N–H and O–H groups in total. The minimum Gasteiger partial charge on any atom is -0.268 e. The topological polar surface area (TPSA) is 37.4 Å². The molecule has 0 aromatic heterocycles. The molecule has 3 aromatic rings. The van der Waals surface area contributed by atoms with E-state index < -0.39 is 23.4 Å². The molecule has 0 aliphatic carbocycles. The molecular formula is C23H15F2NO2S. The van der Waals surface area contributed by atoms with E-state index >= 15 is 0 Å². The average Bonchev–Trinajstić information content (AvgIpc) is 2.98. The van der Waals surface area contributed by atoms with Crippen LogP contribution in [0.25, 0.3) is 5.57 Å². The number of para-hydroxylation sites is 1. The number of rotatable bonds is 5. The molecule has 2 amide bonds. The molecule has 1 heterocycles. The van der Waals surface area contributed by atoms with Crippen LogP contribution in [0.5, 0.6) is 0 Å². The van der Waals surface area contributed by atoms with Crippen molar-refractivity contribution in [2.75, 3.05) is 4.90 Å². The molecule has 29 heavy (non-hydrogen) atoms. The fourth-order valence-corrected chi connectivity index (χ4v) is 4.16. The number of carbonyl (C=O) groups excluding carboxylic acids is 2. The Labute approximate surface area is 170 Å². The van der Waals surface area contributed by atoms with Crippen LogP contribution in [0.1, 0.15) is 11.1 Å². The van der Waals surface area contributed by atoms with Gasteiger partial charge < -0.3 is 0 Å². The lowest BCUT2D eigenvalue weighted by atomic mass is 10.1. The Bertz CT molecular complexity index is 1110. The van der Waals surface area contributed by atoms with E-state index in [9.17, 15) is 18.4 Å². The van der Waals surface area contributed by atoms with Gasteiger partial charge in [-0.2, -0.15) is 0 Å². The zero-order valence-corrected chi connectivity index (χ0v) is 16.0. The second-order valence-corrected chi connectivity index (χ2v) is 7.37. The number of hydrogen-bond acceptors (Lipinski definition) is 3. The van der Waals surface area contributed by atoms with Gasteiger partial charge in [0.15, 0.2) is 0 Å². The van der Waals surface area contributed by atoms with Gasteiger partial charge in [0.2, 0.25) is 0 Å². The van der Waals surface area contributed by atoms with Crippen molar-refractivity contribution in [1.82, 2.24) is 0 Å². The second-order valence-electron chi connectivity index (χ2n) is 6.38. The highest BCUT2D eigenvalue weighted by Gasteiger charge is 2.41. The van der Waals surface area contributed by atoms with E-state index in [1.807, 2.05) is 30.3 Å². The number of hydrogen-bond donors (Lipinski definition) is 0. The fourth-order valence-electron chi connectivity index (χ4n) is 3.10. The summed E-state index contributed by atoms with van der Waals surface area (Å²) in [6.07, 6.45) is 0. The summed E-state index contributed by atoms with van der Waals surface area (Å²) in [7, 11) is 0. The van der Waals surface area contributed by atoms with Crippen molar-refractivity contribution in [2.24, 2.45) is 0 Å². The Balaban J connectivity index is 1.76. The lowest BCUT2D eigenvalue weighted by molar-refractivity contribution is -0.119. The van der Waals surface area contributed by atoms with Crippen molar-refractivity contribution in [1.29, 1.82) is 0 Å². The summed E-state index contributed by atoms with van der Waals surface area (Å²) in [5.41, 5.74) is 1.45. The number of amides is 2. The average molecular weight is 407 g/mol. The van der Waals surface area contributed by atoms with Gasteiger partial charge in [-0.15, -0.1) is 11.8 Å². The quantitative estimate of drug-likeness (QED) is 0.547. The van der Waals surface area contributed by atoms with E-state index in [0.29, 0.717) is 11.3 Å². The Morgan fingerprint density at radius 1 is 0.759 bits per heavy atom. The smallest absolute Gasteiger partial charge is 0.268 e. The Morgan fingerprint density at radius 2 is 1.41 bits per heavy atom. The van der Waals surface area contributed by atoms with Crippen molar-refractivity contribution in [3.63, 3.8) is 0 Å². The van der Waals surface area contributed by atoms with Crippen LogP contribution in [0.3, 0.4) is 0 Å². The van der Waals surface area contributed by atoms with Crippen molar-refractivity contribution >= 4 is 34.8 Å². The standard InChI is InChI=1S/C23H15F2NO2S/c24-17-12-10-16(11-13-17)20-21(29-14-15-6-2-1-3-7-15)23(28)26(22(20)27)19-9-5-4-8-18(19)25/h1-13H,14H2. The minimum absolute atomic E-state index is 0.0996. The summed E-state index contributed by atoms with van der Waals surface area (Å²) in [4.78, 5) is 27.3. The van der Waals surface area contributed by atoms with Crippen LogP contribution >= 0.6 is 11.8 Å². The number of halogens is 2. The van der Waals surface area contributed by atoms with Crippen LogP contribution in [0.2, 0.25) is 0 Å².